The van der Waals surface area contributed by atoms with E-state index in [9.17, 15) is 0 Å². The van der Waals surface area contributed by atoms with E-state index in [0.717, 1.165) is 43.1 Å². The first kappa shape index (κ1) is 16.2. The molecule has 134 valence electrons. The van der Waals surface area contributed by atoms with Crippen LogP contribution >= 0.6 is 0 Å². The Labute approximate surface area is 158 Å². The summed E-state index contributed by atoms with van der Waals surface area (Å²) in [5.41, 5.74) is 7.31. The second kappa shape index (κ2) is 6.63. The van der Waals surface area contributed by atoms with E-state index in [1.54, 1.807) is 0 Å². The summed E-state index contributed by atoms with van der Waals surface area (Å²) in [6.45, 7) is 4.96. The predicted molar refractivity (Wildman–Crippen MR) is 108 cm³/mol. The molecule has 0 atom stereocenters. The molecule has 2 aromatic carbocycles. The van der Waals surface area contributed by atoms with Gasteiger partial charge < -0.3 is 4.98 Å². The van der Waals surface area contributed by atoms with E-state index in [4.69, 9.17) is 4.98 Å². The van der Waals surface area contributed by atoms with Crippen molar-refractivity contribution in [3.63, 3.8) is 0 Å². The zero-order valence-electron chi connectivity index (χ0n) is 15.4. The van der Waals surface area contributed by atoms with E-state index in [-0.39, 0.29) is 0 Å². The molecule has 1 aliphatic rings. The number of nitrogens with zero attached hydrogens (tertiary/aromatic N) is 3. The van der Waals surface area contributed by atoms with Gasteiger partial charge in [0, 0.05) is 43.1 Å². The molecule has 1 aliphatic heterocycles. The third-order valence-electron chi connectivity index (χ3n) is 5.36. The largest absolute Gasteiger partial charge is 0.361 e. The van der Waals surface area contributed by atoms with Gasteiger partial charge in [-0.1, -0.05) is 42.0 Å². The fourth-order valence-electron chi connectivity index (χ4n) is 3.79. The van der Waals surface area contributed by atoms with Crippen LogP contribution in [0.4, 0.5) is 0 Å². The molecular weight excluding hydrogens is 332 g/mol. The van der Waals surface area contributed by atoms with Crippen LogP contribution in [0, 0.1) is 6.92 Å². The first-order valence-corrected chi connectivity index (χ1v) is 9.45. The van der Waals surface area contributed by atoms with Crippen LogP contribution in [-0.2, 0) is 19.5 Å². The molecule has 0 bridgehead atoms. The van der Waals surface area contributed by atoms with E-state index in [1.807, 2.05) is 12.4 Å². The lowest BCUT2D eigenvalue weighted by atomic mass is 10.0. The normalized spacial score (nSPS) is 14.4. The smallest absolute Gasteiger partial charge is 0.159 e. The van der Waals surface area contributed by atoms with Gasteiger partial charge in [0.25, 0.3) is 0 Å². The first-order valence-electron chi connectivity index (χ1n) is 9.45. The van der Waals surface area contributed by atoms with Gasteiger partial charge >= 0.3 is 0 Å². The number of nitrogens with one attached hydrogen (secondary N) is 1. The Hall–Kier alpha value is -2.98. The van der Waals surface area contributed by atoms with Crippen LogP contribution < -0.4 is 0 Å². The summed E-state index contributed by atoms with van der Waals surface area (Å²) < 4.78 is 0. The SMILES string of the molecule is Cc1ccc(-c2ncc3c(n2)CN(Cc2ccc4cc[nH]c4c2)CC3)cc1. The van der Waals surface area contributed by atoms with Crippen molar-refractivity contribution in [3.05, 3.63) is 83.3 Å². The number of fused-ring (bicyclic) bond motifs is 2. The van der Waals surface area contributed by atoms with Crippen molar-refractivity contribution in [3.8, 4) is 11.4 Å². The zero-order chi connectivity index (χ0) is 18.2. The zero-order valence-corrected chi connectivity index (χ0v) is 15.4. The van der Waals surface area contributed by atoms with Crippen LogP contribution in [0.5, 0.6) is 0 Å². The van der Waals surface area contributed by atoms with Crippen molar-refractivity contribution in [2.45, 2.75) is 26.4 Å². The van der Waals surface area contributed by atoms with E-state index in [1.165, 1.54) is 27.6 Å². The lowest BCUT2D eigenvalue weighted by molar-refractivity contribution is 0.241. The van der Waals surface area contributed by atoms with Crippen molar-refractivity contribution in [1.29, 1.82) is 0 Å². The number of aromatic amines is 1. The third kappa shape index (κ3) is 3.24. The average molecular weight is 354 g/mol. The van der Waals surface area contributed by atoms with Gasteiger partial charge in [-0.2, -0.15) is 0 Å². The van der Waals surface area contributed by atoms with Gasteiger partial charge in [0.1, 0.15) is 0 Å². The van der Waals surface area contributed by atoms with Crippen molar-refractivity contribution in [1.82, 2.24) is 19.9 Å². The number of benzene rings is 2. The molecule has 0 saturated heterocycles. The molecule has 0 unspecified atom stereocenters. The van der Waals surface area contributed by atoms with Crippen LogP contribution in [-0.4, -0.2) is 26.4 Å². The van der Waals surface area contributed by atoms with Crippen molar-refractivity contribution >= 4 is 10.9 Å². The fourth-order valence-corrected chi connectivity index (χ4v) is 3.79. The molecule has 0 fully saturated rings. The Morgan fingerprint density at radius 1 is 1.07 bits per heavy atom. The molecule has 2 aromatic heterocycles. The number of rotatable bonds is 3. The van der Waals surface area contributed by atoms with E-state index >= 15 is 0 Å². The highest BCUT2D eigenvalue weighted by Crippen LogP contribution is 2.23. The van der Waals surface area contributed by atoms with Crippen molar-refractivity contribution < 1.29 is 0 Å². The Bertz CT molecular complexity index is 1100. The van der Waals surface area contributed by atoms with Crippen LogP contribution in [0.3, 0.4) is 0 Å². The lowest BCUT2D eigenvalue weighted by Crippen LogP contribution is -2.31. The maximum absolute atomic E-state index is 4.89. The molecular formula is C23H22N4. The molecule has 5 rings (SSSR count). The standard InChI is InChI=1S/C23H22N4/c1-16-2-5-19(6-3-16)23-25-13-20-9-11-27(15-22(20)26-23)14-17-4-7-18-8-10-24-21(18)12-17/h2-8,10,12-13,24H,9,11,14-15H2,1H3. The van der Waals surface area contributed by atoms with Crippen LogP contribution in [0.25, 0.3) is 22.3 Å². The molecule has 4 heteroatoms. The molecule has 0 aliphatic carbocycles. The minimum atomic E-state index is 0.823. The summed E-state index contributed by atoms with van der Waals surface area (Å²) in [7, 11) is 0. The highest BCUT2D eigenvalue weighted by Gasteiger charge is 2.19. The van der Waals surface area contributed by atoms with Crippen molar-refractivity contribution in [2.24, 2.45) is 0 Å². The highest BCUT2D eigenvalue weighted by atomic mass is 15.1. The van der Waals surface area contributed by atoms with Crippen LogP contribution in [0.2, 0.25) is 0 Å². The summed E-state index contributed by atoms with van der Waals surface area (Å²) in [6.07, 6.45) is 5.02. The van der Waals surface area contributed by atoms with Crippen molar-refractivity contribution in [2.75, 3.05) is 6.54 Å². The number of hydrogen-bond acceptors (Lipinski definition) is 3. The van der Waals surface area contributed by atoms with E-state index in [0.29, 0.717) is 0 Å². The molecule has 27 heavy (non-hydrogen) atoms. The van der Waals surface area contributed by atoms with Gasteiger partial charge in [-0.05, 0) is 42.0 Å². The molecule has 1 N–H and O–H groups in total. The van der Waals surface area contributed by atoms with Gasteiger partial charge in [-0.3, -0.25) is 4.90 Å². The first-order chi connectivity index (χ1) is 13.2. The monoisotopic (exact) mass is 354 g/mol. The quantitative estimate of drug-likeness (QED) is 0.589. The fraction of sp³-hybridized carbons (Fsp3) is 0.217. The minimum absolute atomic E-state index is 0.823. The summed E-state index contributed by atoms with van der Waals surface area (Å²) in [5.74, 6) is 0.823. The molecule has 0 saturated carbocycles. The van der Waals surface area contributed by atoms with Crippen LogP contribution in [0.15, 0.2) is 60.9 Å². The number of H-pyrrole nitrogens is 1. The van der Waals surface area contributed by atoms with Crippen LogP contribution in [0.1, 0.15) is 22.4 Å². The van der Waals surface area contributed by atoms with E-state index in [2.05, 4.69) is 70.3 Å². The number of hydrogen-bond donors (Lipinski definition) is 1. The topological polar surface area (TPSA) is 44.8 Å². The van der Waals surface area contributed by atoms with E-state index < -0.39 is 0 Å². The second-order valence-corrected chi connectivity index (χ2v) is 7.39. The third-order valence-corrected chi connectivity index (χ3v) is 5.36. The molecule has 0 radical (unpaired) electrons. The maximum Gasteiger partial charge on any atom is 0.159 e. The minimum Gasteiger partial charge on any atom is -0.361 e. The van der Waals surface area contributed by atoms with Gasteiger partial charge in [-0.25, -0.2) is 9.97 Å². The molecule has 0 spiro atoms. The van der Waals surface area contributed by atoms with Gasteiger partial charge in [0.05, 0.1) is 5.69 Å². The number of aryl methyl sites for hydroxylation is 1. The molecule has 3 heterocycles. The van der Waals surface area contributed by atoms with Gasteiger partial charge in [0.2, 0.25) is 0 Å². The van der Waals surface area contributed by atoms with Gasteiger partial charge in [0.15, 0.2) is 5.82 Å². The highest BCUT2D eigenvalue weighted by molar-refractivity contribution is 5.79. The molecule has 0 amide bonds. The summed E-state index contributed by atoms with van der Waals surface area (Å²) in [5, 5.41) is 1.26. The Morgan fingerprint density at radius 2 is 1.96 bits per heavy atom. The predicted octanol–water partition coefficient (Wildman–Crippen LogP) is 4.49. The molecule has 4 nitrogen and oxygen atoms in total. The number of aromatic nitrogens is 3. The summed E-state index contributed by atoms with van der Waals surface area (Å²) in [6, 6.07) is 17.2. The molecule has 4 aromatic rings. The van der Waals surface area contributed by atoms with Gasteiger partial charge in [-0.15, -0.1) is 0 Å². The Kier molecular flexibility index (Phi) is 3.98. The maximum atomic E-state index is 4.89. The summed E-state index contributed by atoms with van der Waals surface area (Å²) in [4.78, 5) is 15.3. The Morgan fingerprint density at radius 3 is 2.85 bits per heavy atom. The lowest BCUT2D eigenvalue weighted by Gasteiger charge is -2.28. The average Bonchev–Trinajstić information content (AvgIpc) is 3.16. The second-order valence-electron chi connectivity index (χ2n) is 7.39. The summed E-state index contributed by atoms with van der Waals surface area (Å²) >= 11 is 0. The Balaban J connectivity index is 1.37.